The number of unbranched alkanes of at least 4 members (excludes halogenated alkanes) is 7. The van der Waals surface area contributed by atoms with Crippen LogP contribution in [0.2, 0.25) is 0 Å². The van der Waals surface area contributed by atoms with Crippen molar-refractivity contribution >= 4 is 11.6 Å². The number of nitrogens with zero attached hydrogens (tertiary/aromatic N) is 1. The summed E-state index contributed by atoms with van der Waals surface area (Å²) < 4.78 is 1.36. The lowest BCUT2D eigenvalue weighted by Crippen LogP contribution is -3.00. The standard InChI is InChI=1S/C19H41ClN.ClH/c1-4-7-10-12-17-21(16-9-6-3,19-14-15-20)18-13-11-8-5-2;/h4-19H2,1-3H3;1H/q+1;/p-1. The van der Waals surface area contributed by atoms with E-state index in [2.05, 4.69) is 20.8 Å². The second kappa shape index (κ2) is 17.9. The van der Waals surface area contributed by atoms with Crippen molar-refractivity contribution in [2.24, 2.45) is 0 Å². The average molecular weight is 354 g/mol. The quantitative estimate of drug-likeness (QED) is 0.226. The summed E-state index contributed by atoms with van der Waals surface area (Å²) in [5.74, 6) is 0.829. The van der Waals surface area contributed by atoms with Crippen LogP contribution in [0.1, 0.15) is 91.4 Å². The third-order valence-electron chi connectivity index (χ3n) is 4.72. The molecular formula is C19H41Cl2N. The summed E-state index contributed by atoms with van der Waals surface area (Å²) in [6.07, 6.45) is 15.0. The van der Waals surface area contributed by atoms with E-state index >= 15 is 0 Å². The van der Waals surface area contributed by atoms with E-state index in [0.717, 1.165) is 5.88 Å². The summed E-state index contributed by atoms with van der Waals surface area (Å²) in [6.45, 7) is 12.4. The van der Waals surface area contributed by atoms with Crippen LogP contribution in [-0.4, -0.2) is 36.5 Å². The zero-order valence-corrected chi connectivity index (χ0v) is 17.0. The second-order valence-electron chi connectivity index (χ2n) is 6.75. The molecule has 0 aromatic heterocycles. The van der Waals surface area contributed by atoms with Gasteiger partial charge in [-0.1, -0.05) is 52.9 Å². The SMILES string of the molecule is CCCCCC[N+](CCCC)(CCCCl)CCCCCC.[Cl-]. The van der Waals surface area contributed by atoms with E-state index in [4.69, 9.17) is 11.6 Å². The molecule has 0 radical (unpaired) electrons. The van der Waals surface area contributed by atoms with Crippen molar-refractivity contribution < 1.29 is 16.9 Å². The van der Waals surface area contributed by atoms with E-state index in [0.29, 0.717) is 0 Å². The molecule has 0 amide bonds. The average Bonchev–Trinajstić information content (AvgIpc) is 2.51. The molecule has 0 atom stereocenters. The molecule has 136 valence electrons. The van der Waals surface area contributed by atoms with Gasteiger partial charge in [-0.05, 0) is 32.1 Å². The predicted octanol–water partition coefficient (Wildman–Crippen LogP) is 3.40. The molecule has 3 heteroatoms. The van der Waals surface area contributed by atoms with Gasteiger partial charge in [-0.25, -0.2) is 0 Å². The Morgan fingerprint density at radius 2 is 0.955 bits per heavy atom. The Morgan fingerprint density at radius 3 is 1.36 bits per heavy atom. The van der Waals surface area contributed by atoms with E-state index in [-0.39, 0.29) is 12.4 Å². The summed E-state index contributed by atoms with van der Waals surface area (Å²) in [5.41, 5.74) is 0. The maximum atomic E-state index is 6.00. The van der Waals surface area contributed by atoms with E-state index < -0.39 is 0 Å². The van der Waals surface area contributed by atoms with Crippen molar-refractivity contribution in [3.05, 3.63) is 0 Å². The van der Waals surface area contributed by atoms with Gasteiger partial charge in [0, 0.05) is 12.3 Å². The largest absolute Gasteiger partial charge is 1.00 e. The fraction of sp³-hybridized carbons (Fsp3) is 1.00. The van der Waals surface area contributed by atoms with E-state index in [1.807, 2.05) is 0 Å². The lowest BCUT2D eigenvalue weighted by atomic mass is 10.1. The maximum absolute atomic E-state index is 6.00. The van der Waals surface area contributed by atoms with Crippen LogP contribution in [0.25, 0.3) is 0 Å². The molecule has 0 aliphatic rings. The summed E-state index contributed by atoms with van der Waals surface area (Å²) >= 11 is 6.00. The minimum absolute atomic E-state index is 0. The lowest BCUT2D eigenvalue weighted by Gasteiger charge is -2.39. The molecule has 0 aliphatic carbocycles. The monoisotopic (exact) mass is 353 g/mol. The third kappa shape index (κ3) is 13.0. The van der Waals surface area contributed by atoms with Gasteiger partial charge in [0.2, 0.25) is 0 Å². The number of halogens is 2. The molecule has 0 aliphatic heterocycles. The zero-order valence-electron chi connectivity index (χ0n) is 15.5. The van der Waals surface area contributed by atoms with Gasteiger partial charge in [-0.15, -0.1) is 11.6 Å². The normalized spacial score (nSPS) is 11.5. The molecule has 0 bridgehead atoms. The fourth-order valence-electron chi connectivity index (χ4n) is 3.31. The highest BCUT2D eigenvalue weighted by Crippen LogP contribution is 2.17. The first-order valence-electron chi connectivity index (χ1n) is 9.65. The fourth-order valence-corrected chi connectivity index (χ4v) is 3.43. The van der Waals surface area contributed by atoms with Crippen molar-refractivity contribution in [2.75, 3.05) is 32.1 Å². The molecule has 0 aromatic carbocycles. The molecule has 0 saturated heterocycles. The summed E-state index contributed by atoms with van der Waals surface area (Å²) in [6, 6.07) is 0. The summed E-state index contributed by atoms with van der Waals surface area (Å²) in [7, 11) is 0. The van der Waals surface area contributed by atoms with Crippen molar-refractivity contribution in [3.8, 4) is 0 Å². The Labute approximate surface area is 152 Å². The zero-order chi connectivity index (χ0) is 15.8. The van der Waals surface area contributed by atoms with Crippen molar-refractivity contribution in [1.82, 2.24) is 0 Å². The molecule has 0 fully saturated rings. The molecule has 0 aromatic rings. The van der Waals surface area contributed by atoms with Crippen LogP contribution < -0.4 is 12.4 Å². The van der Waals surface area contributed by atoms with E-state index in [9.17, 15) is 0 Å². The van der Waals surface area contributed by atoms with Crippen LogP contribution in [0.4, 0.5) is 0 Å². The molecule has 0 rings (SSSR count). The van der Waals surface area contributed by atoms with E-state index in [1.54, 1.807) is 0 Å². The molecular weight excluding hydrogens is 313 g/mol. The van der Waals surface area contributed by atoms with Gasteiger partial charge >= 0.3 is 0 Å². The smallest absolute Gasteiger partial charge is 0.0798 e. The molecule has 0 heterocycles. The van der Waals surface area contributed by atoms with Crippen LogP contribution in [-0.2, 0) is 0 Å². The van der Waals surface area contributed by atoms with Gasteiger partial charge in [0.15, 0.2) is 0 Å². The number of rotatable bonds is 16. The molecule has 1 nitrogen and oxygen atoms in total. The van der Waals surface area contributed by atoms with Gasteiger partial charge in [0.25, 0.3) is 0 Å². The van der Waals surface area contributed by atoms with Crippen LogP contribution in [0.5, 0.6) is 0 Å². The van der Waals surface area contributed by atoms with Crippen molar-refractivity contribution in [2.45, 2.75) is 91.4 Å². The predicted molar refractivity (Wildman–Crippen MR) is 98.3 cm³/mol. The molecule has 0 unspecified atom stereocenters. The Morgan fingerprint density at radius 1 is 0.545 bits per heavy atom. The van der Waals surface area contributed by atoms with Crippen molar-refractivity contribution in [1.29, 1.82) is 0 Å². The van der Waals surface area contributed by atoms with Crippen molar-refractivity contribution in [3.63, 3.8) is 0 Å². The first-order valence-corrected chi connectivity index (χ1v) is 10.2. The first-order chi connectivity index (χ1) is 10.2. The Bertz CT molecular complexity index is 188. The van der Waals surface area contributed by atoms with Gasteiger partial charge < -0.3 is 16.9 Å². The van der Waals surface area contributed by atoms with Crippen LogP contribution >= 0.6 is 11.6 Å². The van der Waals surface area contributed by atoms with Crippen LogP contribution in [0.15, 0.2) is 0 Å². The maximum Gasteiger partial charge on any atom is 0.0798 e. The summed E-state index contributed by atoms with van der Waals surface area (Å²) in [5, 5.41) is 0. The number of quaternary nitrogens is 1. The molecule has 0 spiro atoms. The molecule has 22 heavy (non-hydrogen) atoms. The third-order valence-corrected chi connectivity index (χ3v) is 4.99. The molecule has 0 saturated carbocycles. The molecule has 0 N–H and O–H groups in total. The highest BCUT2D eigenvalue weighted by atomic mass is 35.5. The number of alkyl halides is 1. The van der Waals surface area contributed by atoms with Gasteiger partial charge in [0.05, 0.1) is 26.2 Å². The Balaban J connectivity index is 0. The van der Waals surface area contributed by atoms with Crippen LogP contribution in [0, 0.1) is 0 Å². The first kappa shape index (κ1) is 24.8. The number of hydrogen-bond acceptors (Lipinski definition) is 0. The minimum Gasteiger partial charge on any atom is -1.00 e. The summed E-state index contributed by atoms with van der Waals surface area (Å²) in [4.78, 5) is 0. The van der Waals surface area contributed by atoms with E-state index in [1.165, 1.54) is 101 Å². The second-order valence-corrected chi connectivity index (χ2v) is 7.13. The highest BCUT2D eigenvalue weighted by Gasteiger charge is 2.25. The number of hydrogen-bond donors (Lipinski definition) is 0. The Kier molecular flexibility index (Phi) is 20.2. The topological polar surface area (TPSA) is 0 Å². The highest BCUT2D eigenvalue weighted by molar-refractivity contribution is 6.17. The van der Waals surface area contributed by atoms with Gasteiger partial charge in [-0.3, -0.25) is 0 Å². The van der Waals surface area contributed by atoms with Crippen LogP contribution in [0.3, 0.4) is 0 Å². The lowest BCUT2D eigenvalue weighted by molar-refractivity contribution is -0.928. The van der Waals surface area contributed by atoms with Gasteiger partial charge in [0.1, 0.15) is 0 Å². The van der Waals surface area contributed by atoms with Gasteiger partial charge in [-0.2, -0.15) is 0 Å². The minimum atomic E-state index is 0. The Hall–Kier alpha value is 0.540.